The fourth-order valence-corrected chi connectivity index (χ4v) is 2.46. The van der Waals surface area contributed by atoms with E-state index >= 15 is 0 Å². The predicted octanol–water partition coefficient (Wildman–Crippen LogP) is 2.75. The van der Waals surface area contributed by atoms with Crippen LogP contribution in [0.3, 0.4) is 0 Å². The van der Waals surface area contributed by atoms with Gasteiger partial charge in [0.25, 0.3) is 5.91 Å². The van der Waals surface area contributed by atoms with E-state index < -0.39 is 0 Å². The Morgan fingerprint density at radius 1 is 1.26 bits per heavy atom. The molecule has 0 heterocycles. The molecule has 1 amide bonds. The second-order valence-corrected chi connectivity index (χ2v) is 5.79. The maximum atomic E-state index is 12.7. The van der Waals surface area contributed by atoms with Gasteiger partial charge >= 0.3 is 0 Å². The van der Waals surface area contributed by atoms with Crippen molar-refractivity contribution in [3.05, 3.63) is 34.4 Å². The summed E-state index contributed by atoms with van der Waals surface area (Å²) in [5.74, 6) is -0.00204. The highest BCUT2D eigenvalue weighted by Gasteiger charge is 2.22. The highest BCUT2D eigenvalue weighted by Crippen LogP contribution is 2.19. The second kappa shape index (κ2) is 6.15. The van der Waals surface area contributed by atoms with Crippen LogP contribution < -0.4 is 5.73 Å². The minimum Gasteiger partial charge on any atom is -0.392 e. The number of nitrogens with two attached hydrogens (primary N) is 1. The van der Waals surface area contributed by atoms with Crippen LogP contribution in [-0.4, -0.2) is 28.4 Å². The van der Waals surface area contributed by atoms with Crippen molar-refractivity contribution in [1.82, 2.24) is 4.90 Å². The molecule has 0 aliphatic rings. The van der Waals surface area contributed by atoms with Crippen molar-refractivity contribution in [2.45, 2.75) is 40.7 Å². The summed E-state index contributed by atoms with van der Waals surface area (Å²) in [6.07, 6.45) is 0. The number of hydrogen-bond acceptors (Lipinski definition) is 2. The van der Waals surface area contributed by atoms with Gasteiger partial charge in [-0.3, -0.25) is 4.79 Å². The quantitative estimate of drug-likeness (QED) is 0.861. The molecule has 4 heteroatoms. The van der Waals surface area contributed by atoms with Gasteiger partial charge in [0.2, 0.25) is 0 Å². The van der Waals surface area contributed by atoms with Crippen LogP contribution in [0.15, 0.2) is 12.1 Å². The number of aryl methyl sites for hydroxylation is 3. The molecule has 0 saturated carbocycles. The molecule has 0 bridgehead atoms. The summed E-state index contributed by atoms with van der Waals surface area (Å²) in [6.45, 7) is 10.2. The predicted molar refractivity (Wildman–Crippen MR) is 83.6 cm³/mol. The Hall–Kier alpha value is -1.42. The van der Waals surface area contributed by atoms with Gasteiger partial charge < -0.3 is 10.6 Å². The van der Waals surface area contributed by atoms with Crippen LogP contribution in [0.2, 0.25) is 0 Å². The fourth-order valence-electron chi connectivity index (χ4n) is 2.32. The molecule has 0 fully saturated rings. The van der Waals surface area contributed by atoms with Crippen LogP contribution in [-0.2, 0) is 0 Å². The third kappa shape index (κ3) is 3.77. The number of amides is 1. The second-order valence-electron chi connectivity index (χ2n) is 5.27. The minimum absolute atomic E-state index is 0.00204. The zero-order chi connectivity index (χ0) is 14.7. The van der Waals surface area contributed by atoms with Crippen molar-refractivity contribution in [3.8, 4) is 0 Å². The number of carbonyl (C=O) groups is 1. The molecular weight excluding hydrogens is 256 g/mol. The van der Waals surface area contributed by atoms with Crippen LogP contribution in [0.4, 0.5) is 0 Å². The first-order valence-electron chi connectivity index (χ1n) is 6.41. The Morgan fingerprint density at radius 2 is 1.74 bits per heavy atom. The van der Waals surface area contributed by atoms with Crippen LogP contribution in [0.5, 0.6) is 0 Å². The minimum atomic E-state index is -0.00204. The maximum Gasteiger partial charge on any atom is 0.255 e. The molecule has 0 atom stereocenters. The average Bonchev–Trinajstić information content (AvgIpc) is 2.23. The number of benzene rings is 1. The van der Waals surface area contributed by atoms with Gasteiger partial charge in [-0.05, 0) is 45.7 Å². The first kappa shape index (κ1) is 15.6. The summed E-state index contributed by atoms with van der Waals surface area (Å²) < 4.78 is 0. The molecule has 0 saturated heterocycles. The van der Waals surface area contributed by atoms with Crippen LogP contribution in [0.1, 0.15) is 40.9 Å². The summed E-state index contributed by atoms with van der Waals surface area (Å²) >= 11 is 4.93. The highest BCUT2D eigenvalue weighted by atomic mass is 32.1. The van der Waals surface area contributed by atoms with Gasteiger partial charge in [-0.25, -0.2) is 0 Å². The Labute approximate surface area is 120 Å². The SMILES string of the molecule is Cc1cc(C)c(C(=O)N(CC(N)=S)C(C)C)c(C)c1. The summed E-state index contributed by atoms with van der Waals surface area (Å²) in [5, 5.41) is 0. The smallest absolute Gasteiger partial charge is 0.255 e. The molecule has 0 aromatic heterocycles. The van der Waals surface area contributed by atoms with E-state index in [0.29, 0.717) is 11.5 Å². The van der Waals surface area contributed by atoms with Crippen LogP contribution >= 0.6 is 12.2 Å². The monoisotopic (exact) mass is 278 g/mol. The van der Waals surface area contributed by atoms with E-state index in [1.807, 2.05) is 46.8 Å². The van der Waals surface area contributed by atoms with Gasteiger partial charge in [0, 0.05) is 11.6 Å². The van der Waals surface area contributed by atoms with Crippen LogP contribution in [0.25, 0.3) is 0 Å². The Balaban J connectivity index is 3.20. The average molecular weight is 278 g/mol. The third-order valence-corrected chi connectivity index (χ3v) is 3.23. The fraction of sp³-hybridized carbons (Fsp3) is 0.467. The number of rotatable bonds is 4. The van der Waals surface area contributed by atoms with E-state index in [1.165, 1.54) is 0 Å². The van der Waals surface area contributed by atoms with Gasteiger partial charge in [0.15, 0.2) is 0 Å². The largest absolute Gasteiger partial charge is 0.392 e. The van der Waals surface area contributed by atoms with E-state index in [4.69, 9.17) is 18.0 Å². The van der Waals surface area contributed by atoms with E-state index in [2.05, 4.69) is 0 Å². The standard InChI is InChI=1S/C15H22N2OS/c1-9(2)17(8-13(16)19)15(18)14-11(4)6-10(3)7-12(14)5/h6-7,9H,8H2,1-5H3,(H2,16,19). The lowest BCUT2D eigenvalue weighted by Crippen LogP contribution is -2.42. The highest BCUT2D eigenvalue weighted by molar-refractivity contribution is 7.80. The van der Waals surface area contributed by atoms with Crippen LogP contribution in [0, 0.1) is 20.8 Å². The van der Waals surface area contributed by atoms with Crippen molar-refractivity contribution in [2.75, 3.05) is 6.54 Å². The Bertz CT molecular complexity index is 486. The molecule has 0 aliphatic heterocycles. The van der Waals surface area contributed by atoms with Gasteiger partial charge in [-0.1, -0.05) is 29.9 Å². The van der Waals surface area contributed by atoms with E-state index in [1.54, 1.807) is 4.90 Å². The van der Waals surface area contributed by atoms with Crippen molar-refractivity contribution in [2.24, 2.45) is 5.73 Å². The summed E-state index contributed by atoms with van der Waals surface area (Å²) in [7, 11) is 0. The molecule has 0 spiro atoms. The molecule has 19 heavy (non-hydrogen) atoms. The number of thiocarbonyl (C=S) groups is 1. The maximum absolute atomic E-state index is 12.7. The van der Waals surface area contributed by atoms with E-state index in [0.717, 1.165) is 22.3 Å². The lowest BCUT2D eigenvalue weighted by molar-refractivity contribution is 0.0734. The molecule has 1 aromatic carbocycles. The molecule has 3 nitrogen and oxygen atoms in total. The van der Waals surface area contributed by atoms with Gasteiger partial charge in [0.1, 0.15) is 0 Å². The van der Waals surface area contributed by atoms with Crippen molar-refractivity contribution in [3.63, 3.8) is 0 Å². The van der Waals surface area contributed by atoms with Gasteiger partial charge in [0.05, 0.1) is 11.5 Å². The zero-order valence-corrected chi connectivity index (χ0v) is 13.1. The summed E-state index contributed by atoms with van der Waals surface area (Å²) in [4.78, 5) is 14.7. The summed E-state index contributed by atoms with van der Waals surface area (Å²) in [6, 6.07) is 4.12. The molecule has 1 aromatic rings. The van der Waals surface area contributed by atoms with E-state index in [-0.39, 0.29) is 11.9 Å². The zero-order valence-electron chi connectivity index (χ0n) is 12.3. The van der Waals surface area contributed by atoms with E-state index in [9.17, 15) is 4.79 Å². The normalized spacial score (nSPS) is 10.6. The first-order valence-corrected chi connectivity index (χ1v) is 6.82. The molecular formula is C15H22N2OS. The van der Waals surface area contributed by atoms with Crippen molar-refractivity contribution < 1.29 is 4.79 Å². The number of carbonyl (C=O) groups excluding carboxylic acids is 1. The molecule has 104 valence electrons. The Kier molecular flexibility index (Phi) is 5.06. The number of nitrogens with zero attached hydrogens (tertiary/aromatic N) is 1. The van der Waals surface area contributed by atoms with Crippen molar-refractivity contribution in [1.29, 1.82) is 0 Å². The topological polar surface area (TPSA) is 46.3 Å². The first-order chi connectivity index (χ1) is 8.73. The number of hydrogen-bond donors (Lipinski definition) is 1. The molecule has 0 aliphatic carbocycles. The molecule has 0 unspecified atom stereocenters. The molecule has 2 N–H and O–H groups in total. The van der Waals surface area contributed by atoms with Crippen molar-refractivity contribution >= 4 is 23.1 Å². The lowest BCUT2D eigenvalue weighted by atomic mass is 9.98. The Morgan fingerprint density at radius 3 is 2.11 bits per heavy atom. The van der Waals surface area contributed by atoms with Gasteiger partial charge in [-0.2, -0.15) is 0 Å². The molecule has 1 rings (SSSR count). The lowest BCUT2D eigenvalue weighted by Gasteiger charge is -2.27. The third-order valence-electron chi connectivity index (χ3n) is 3.10. The summed E-state index contributed by atoms with van der Waals surface area (Å²) in [5.41, 5.74) is 9.50. The van der Waals surface area contributed by atoms with Gasteiger partial charge in [-0.15, -0.1) is 0 Å². The molecule has 0 radical (unpaired) electrons.